The number of phenolic OH excluding ortho intramolecular Hbond substituents is 1. The van der Waals surface area contributed by atoms with Crippen LogP contribution in [0.5, 0.6) is 5.75 Å². The molecule has 4 atom stereocenters. The molecule has 0 saturated heterocycles. The van der Waals surface area contributed by atoms with Crippen LogP contribution in [0.3, 0.4) is 0 Å². The SMILES string of the molecule is NC(=O)CC(NC(=O)C(Cc1ccc(O)cc1)NC(=O)C(CCCN=C(N)N)NC(=O)C(N)CC(=O)O)C(=O)O. The number of carbonyl (C=O) groups is 6. The van der Waals surface area contributed by atoms with Gasteiger partial charge in [0.1, 0.15) is 23.9 Å². The molecule has 0 aromatic heterocycles. The standard InChI is InChI=1S/C23H34N8O9/c24-13(9-18(34)35)19(36)29-14(2-1-7-28-23(26)27)20(37)30-15(8-11-3-5-12(32)6-4-11)21(38)31-16(22(39)40)10-17(25)33/h3-6,13-16,32H,1-2,7-10,24H2,(H2,25,33)(H,29,36)(H,30,37)(H,31,38)(H,34,35)(H,39,40)(H4,26,27,28). The lowest BCUT2D eigenvalue weighted by Crippen LogP contribution is -2.58. The summed E-state index contributed by atoms with van der Waals surface area (Å²) < 4.78 is 0. The van der Waals surface area contributed by atoms with Gasteiger partial charge >= 0.3 is 11.9 Å². The van der Waals surface area contributed by atoms with Crippen molar-refractivity contribution >= 4 is 41.5 Å². The van der Waals surface area contributed by atoms with Gasteiger partial charge in [0.15, 0.2) is 5.96 Å². The van der Waals surface area contributed by atoms with Crippen LogP contribution in [0.1, 0.15) is 31.2 Å². The van der Waals surface area contributed by atoms with Gasteiger partial charge in [0.25, 0.3) is 0 Å². The van der Waals surface area contributed by atoms with E-state index in [2.05, 4.69) is 20.9 Å². The molecule has 1 aromatic carbocycles. The van der Waals surface area contributed by atoms with E-state index in [4.69, 9.17) is 28.0 Å². The number of nitrogens with zero attached hydrogens (tertiary/aromatic N) is 1. The summed E-state index contributed by atoms with van der Waals surface area (Å²) in [5.41, 5.74) is 21.7. The molecule has 220 valence electrons. The van der Waals surface area contributed by atoms with Crippen molar-refractivity contribution in [3.05, 3.63) is 29.8 Å². The van der Waals surface area contributed by atoms with E-state index in [1.807, 2.05) is 0 Å². The zero-order chi connectivity index (χ0) is 30.4. The fraction of sp³-hybridized carbons (Fsp3) is 0.435. The van der Waals surface area contributed by atoms with Crippen molar-refractivity contribution < 1.29 is 44.1 Å². The maximum Gasteiger partial charge on any atom is 0.326 e. The molecule has 0 saturated carbocycles. The topological polar surface area (TPSA) is 316 Å². The summed E-state index contributed by atoms with van der Waals surface area (Å²) in [6.45, 7) is 0.0774. The molecule has 0 heterocycles. The second-order valence-electron chi connectivity index (χ2n) is 8.72. The predicted molar refractivity (Wildman–Crippen MR) is 139 cm³/mol. The molecular weight excluding hydrogens is 532 g/mol. The van der Waals surface area contributed by atoms with E-state index in [0.717, 1.165) is 0 Å². The quantitative estimate of drug-likeness (QED) is 0.0493. The molecule has 0 aliphatic rings. The van der Waals surface area contributed by atoms with Crippen molar-refractivity contribution in [3.8, 4) is 5.75 Å². The Labute approximate surface area is 228 Å². The Morgan fingerprint density at radius 2 is 1.35 bits per heavy atom. The average Bonchev–Trinajstić information content (AvgIpc) is 2.85. The van der Waals surface area contributed by atoms with Gasteiger partial charge in [-0.25, -0.2) is 4.79 Å². The van der Waals surface area contributed by atoms with Gasteiger partial charge in [-0.2, -0.15) is 0 Å². The second-order valence-corrected chi connectivity index (χ2v) is 8.72. The summed E-state index contributed by atoms with van der Waals surface area (Å²) in [5.74, 6) is -6.97. The maximum atomic E-state index is 13.2. The van der Waals surface area contributed by atoms with Crippen molar-refractivity contribution in [2.75, 3.05) is 6.54 Å². The number of nitrogens with two attached hydrogens (primary N) is 4. The maximum absolute atomic E-state index is 13.2. The van der Waals surface area contributed by atoms with Crippen LogP contribution < -0.4 is 38.9 Å². The Morgan fingerprint density at radius 3 is 1.88 bits per heavy atom. The molecule has 0 bridgehead atoms. The summed E-state index contributed by atoms with van der Waals surface area (Å²) in [6.07, 6.45) is -1.49. The molecule has 1 rings (SSSR count). The van der Waals surface area contributed by atoms with Crippen LogP contribution in [-0.2, 0) is 35.2 Å². The molecule has 17 nitrogen and oxygen atoms in total. The number of guanidine groups is 1. The third-order valence-corrected chi connectivity index (χ3v) is 5.34. The molecule has 14 N–H and O–H groups in total. The van der Waals surface area contributed by atoms with Crippen molar-refractivity contribution in [2.24, 2.45) is 27.9 Å². The number of carboxylic acids is 2. The van der Waals surface area contributed by atoms with Gasteiger partial charge < -0.3 is 54.2 Å². The van der Waals surface area contributed by atoms with Crippen LogP contribution in [0.25, 0.3) is 0 Å². The third kappa shape index (κ3) is 12.5. The van der Waals surface area contributed by atoms with Crippen LogP contribution in [0, 0.1) is 0 Å². The zero-order valence-corrected chi connectivity index (χ0v) is 21.4. The highest BCUT2D eigenvalue weighted by Crippen LogP contribution is 2.12. The van der Waals surface area contributed by atoms with Crippen LogP contribution in [0.15, 0.2) is 29.3 Å². The van der Waals surface area contributed by atoms with E-state index < -0.39 is 72.6 Å². The highest BCUT2D eigenvalue weighted by atomic mass is 16.4. The Balaban J connectivity index is 3.21. The predicted octanol–water partition coefficient (Wildman–Crippen LogP) is -3.80. The molecular formula is C23H34N8O9. The Kier molecular flexibility index (Phi) is 13.3. The van der Waals surface area contributed by atoms with Crippen LogP contribution >= 0.6 is 0 Å². The Morgan fingerprint density at radius 1 is 0.800 bits per heavy atom. The largest absolute Gasteiger partial charge is 0.508 e. The molecule has 0 aliphatic carbocycles. The number of benzene rings is 1. The molecule has 17 heteroatoms. The minimum Gasteiger partial charge on any atom is -0.508 e. The van der Waals surface area contributed by atoms with Crippen LogP contribution in [0.2, 0.25) is 0 Å². The second kappa shape index (κ2) is 16.1. The highest BCUT2D eigenvalue weighted by molar-refractivity contribution is 5.95. The van der Waals surface area contributed by atoms with Gasteiger partial charge in [-0.05, 0) is 30.5 Å². The molecule has 0 aliphatic heterocycles. The molecule has 0 radical (unpaired) electrons. The van der Waals surface area contributed by atoms with Crippen molar-refractivity contribution in [1.82, 2.24) is 16.0 Å². The smallest absolute Gasteiger partial charge is 0.326 e. The molecule has 4 amide bonds. The summed E-state index contributed by atoms with van der Waals surface area (Å²) in [4.78, 5) is 76.2. The van der Waals surface area contributed by atoms with Gasteiger partial charge in [0, 0.05) is 13.0 Å². The summed E-state index contributed by atoms with van der Waals surface area (Å²) >= 11 is 0. The van der Waals surface area contributed by atoms with E-state index in [0.29, 0.717) is 5.56 Å². The number of carboxylic acid groups (broad SMARTS) is 2. The number of rotatable bonds is 17. The lowest BCUT2D eigenvalue weighted by Gasteiger charge is -2.25. The lowest BCUT2D eigenvalue weighted by atomic mass is 10.0. The van der Waals surface area contributed by atoms with E-state index in [-0.39, 0.29) is 37.5 Å². The van der Waals surface area contributed by atoms with E-state index in [9.17, 15) is 39.0 Å². The first kappa shape index (κ1) is 33.1. The van der Waals surface area contributed by atoms with Crippen molar-refractivity contribution in [3.63, 3.8) is 0 Å². The molecule has 40 heavy (non-hydrogen) atoms. The van der Waals surface area contributed by atoms with Crippen LogP contribution in [0.4, 0.5) is 0 Å². The number of amides is 4. The van der Waals surface area contributed by atoms with Crippen molar-refractivity contribution in [1.29, 1.82) is 0 Å². The van der Waals surface area contributed by atoms with E-state index >= 15 is 0 Å². The van der Waals surface area contributed by atoms with Crippen LogP contribution in [-0.4, -0.2) is 87.6 Å². The normalized spacial score (nSPS) is 13.5. The summed E-state index contributed by atoms with van der Waals surface area (Å²) in [7, 11) is 0. The van der Waals surface area contributed by atoms with Gasteiger partial charge in [0.05, 0.1) is 18.9 Å². The molecule has 1 aromatic rings. The third-order valence-electron chi connectivity index (χ3n) is 5.34. The molecule has 0 fully saturated rings. The van der Waals surface area contributed by atoms with Gasteiger partial charge in [-0.15, -0.1) is 0 Å². The first-order valence-corrected chi connectivity index (χ1v) is 11.9. The average molecular weight is 567 g/mol. The fourth-order valence-electron chi connectivity index (χ4n) is 3.35. The summed E-state index contributed by atoms with van der Waals surface area (Å²) in [5, 5.41) is 34.7. The minimum atomic E-state index is -1.69. The van der Waals surface area contributed by atoms with Gasteiger partial charge in [-0.3, -0.25) is 29.0 Å². The first-order valence-electron chi connectivity index (χ1n) is 11.9. The van der Waals surface area contributed by atoms with Gasteiger partial charge in [0.2, 0.25) is 23.6 Å². The van der Waals surface area contributed by atoms with E-state index in [1.165, 1.54) is 24.3 Å². The zero-order valence-electron chi connectivity index (χ0n) is 21.4. The monoisotopic (exact) mass is 566 g/mol. The Hall–Kier alpha value is -4.93. The number of hydrogen-bond acceptors (Lipinski definition) is 9. The van der Waals surface area contributed by atoms with Crippen molar-refractivity contribution in [2.45, 2.75) is 56.3 Å². The van der Waals surface area contributed by atoms with Gasteiger partial charge in [-0.1, -0.05) is 12.1 Å². The highest BCUT2D eigenvalue weighted by Gasteiger charge is 2.31. The number of aliphatic imine (C=N–C) groups is 1. The Bertz CT molecular complexity index is 1110. The molecule has 4 unspecified atom stereocenters. The first-order chi connectivity index (χ1) is 18.7. The van der Waals surface area contributed by atoms with E-state index in [1.54, 1.807) is 0 Å². The number of primary amides is 1. The number of aliphatic carboxylic acids is 2. The number of aromatic hydroxyl groups is 1. The number of nitrogens with one attached hydrogen (secondary N) is 3. The lowest BCUT2D eigenvalue weighted by molar-refractivity contribution is -0.143. The molecule has 0 spiro atoms. The number of phenols is 1. The minimum absolute atomic E-state index is 0.0544. The summed E-state index contributed by atoms with van der Waals surface area (Å²) in [6, 6.07) is -0.335. The number of hydrogen-bond donors (Lipinski definition) is 10. The number of carbonyl (C=O) groups excluding carboxylic acids is 4. The fourth-order valence-corrected chi connectivity index (χ4v) is 3.35.